The number of nitrogens with one attached hydrogen (secondary N) is 2. The molecule has 5 nitrogen and oxygen atoms in total. The van der Waals surface area contributed by atoms with E-state index in [2.05, 4.69) is 10.6 Å². The number of amides is 2. The highest BCUT2D eigenvalue weighted by molar-refractivity contribution is 5.99. The highest BCUT2D eigenvalue weighted by Crippen LogP contribution is 2.16. The smallest absolute Gasteiger partial charge is 0.337 e. The number of benzene rings is 1. The molecule has 0 saturated carbocycles. The van der Waals surface area contributed by atoms with Gasteiger partial charge in [0.1, 0.15) is 5.82 Å². The lowest BCUT2D eigenvalue weighted by Gasteiger charge is -2.11. The third-order valence-electron chi connectivity index (χ3n) is 2.13. The van der Waals surface area contributed by atoms with Crippen LogP contribution in [0.25, 0.3) is 0 Å². The number of carbonyl (C=O) groups is 2. The van der Waals surface area contributed by atoms with E-state index in [-0.39, 0.29) is 17.2 Å². The largest absolute Gasteiger partial charge is 0.478 e. The van der Waals surface area contributed by atoms with Crippen LogP contribution in [-0.4, -0.2) is 23.7 Å². The van der Waals surface area contributed by atoms with E-state index in [4.69, 9.17) is 5.11 Å². The summed E-state index contributed by atoms with van der Waals surface area (Å²) in [7, 11) is 0. The Kier molecular flexibility index (Phi) is 4.65. The monoisotopic (exact) mass is 254 g/mol. The quantitative estimate of drug-likeness (QED) is 0.771. The van der Waals surface area contributed by atoms with Crippen LogP contribution in [0.15, 0.2) is 18.2 Å². The van der Waals surface area contributed by atoms with Gasteiger partial charge in [-0.1, -0.05) is 13.8 Å². The molecule has 6 heteroatoms. The Hall–Kier alpha value is -2.11. The zero-order chi connectivity index (χ0) is 13.7. The van der Waals surface area contributed by atoms with Crippen LogP contribution in [-0.2, 0) is 0 Å². The molecule has 1 aromatic rings. The Balaban J connectivity index is 2.78. The summed E-state index contributed by atoms with van der Waals surface area (Å²) in [6.45, 7) is 4.33. The van der Waals surface area contributed by atoms with E-state index in [9.17, 15) is 14.0 Å². The Morgan fingerprint density at radius 1 is 1.39 bits per heavy atom. The molecule has 1 rings (SSSR count). The Bertz CT molecular complexity index is 461. The third-order valence-corrected chi connectivity index (χ3v) is 2.13. The molecule has 0 aliphatic heterocycles. The van der Waals surface area contributed by atoms with Crippen molar-refractivity contribution >= 4 is 17.7 Å². The predicted octanol–water partition coefficient (Wildman–Crippen LogP) is 2.30. The molecule has 0 radical (unpaired) electrons. The van der Waals surface area contributed by atoms with Crippen molar-refractivity contribution < 1.29 is 19.1 Å². The zero-order valence-corrected chi connectivity index (χ0v) is 10.2. The number of aromatic carboxylic acids is 1. The topological polar surface area (TPSA) is 78.4 Å². The van der Waals surface area contributed by atoms with Crippen molar-refractivity contribution in [1.29, 1.82) is 0 Å². The van der Waals surface area contributed by atoms with Crippen molar-refractivity contribution in [2.24, 2.45) is 5.92 Å². The lowest BCUT2D eigenvalue weighted by molar-refractivity contribution is 0.0697. The second kappa shape index (κ2) is 6.00. The number of hydrogen-bond acceptors (Lipinski definition) is 2. The van der Waals surface area contributed by atoms with Crippen LogP contribution in [0, 0.1) is 11.7 Å². The SMILES string of the molecule is CC(C)CNC(=O)Nc1ccc(F)cc1C(=O)O. The molecule has 0 heterocycles. The van der Waals surface area contributed by atoms with E-state index in [1.165, 1.54) is 6.07 Å². The first kappa shape index (κ1) is 14.0. The summed E-state index contributed by atoms with van der Waals surface area (Å²) in [4.78, 5) is 22.4. The van der Waals surface area contributed by atoms with Crippen LogP contribution in [0.1, 0.15) is 24.2 Å². The van der Waals surface area contributed by atoms with Crippen molar-refractivity contribution in [2.45, 2.75) is 13.8 Å². The number of rotatable bonds is 4. The number of anilines is 1. The number of urea groups is 1. The van der Waals surface area contributed by atoms with Gasteiger partial charge in [-0.25, -0.2) is 14.0 Å². The van der Waals surface area contributed by atoms with Gasteiger partial charge in [-0.2, -0.15) is 0 Å². The molecular formula is C12H15FN2O3. The summed E-state index contributed by atoms with van der Waals surface area (Å²) in [5.41, 5.74) is -0.222. The van der Waals surface area contributed by atoms with Crippen LogP contribution < -0.4 is 10.6 Å². The molecule has 1 aromatic carbocycles. The minimum Gasteiger partial charge on any atom is -0.478 e. The average molecular weight is 254 g/mol. The molecule has 0 aromatic heterocycles. The van der Waals surface area contributed by atoms with Crippen LogP contribution in [0.2, 0.25) is 0 Å². The van der Waals surface area contributed by atoms with Crippen molar-refractivity contribution in [1.82, 2.24) is 5.32 Å². The molecule has 0 fully saturated rings. The van der Waals surface area contributed by atoms with Crippen molar-refractivity contribution in [3.05, 3.63) is 29.6 Å². The molecule has 98 valence electrons. The highest BCUT2D eigenvalue weighted by atomic mass is 19.1. The molecule has 0 aliphatic carbocycles. The van der Waals surface area contributed by atoms with E-state index in [1.807, 2.05) is 13.8 Å². The van der Waals surface area contributed by atoms with Crippen LogP contribution in [0.3, 0.4) is 0 Å². The number of hydrogen-bond donors (Lipinski definition) is 3. The molecular weight excluding hydrogens is 239 g/mol. The Labute approximate surface area is 104 Å². The van der Waals surface area contributed by atoms with Gasteiger partial charge in [0.05, 0.1) is 11.3 Å². The maximum absolute atomic E-state index is 12.9. The summed E-state index contributed by atoms with van der Waals surface area (Å²) in [6.07, 6.45) is 0. The molecule has 0 aliphatic rings. The van der Waals surface area contributed by atoms with Gasteiger partial charge in [0.15, 0.2) is 0 Å². The van der Waals surface area contributed by atoms with Crippen molar-refractivity contribution in [3.63, 3.8) is 0 Å². The molecule has 0 atom stereocenters. The lowest BCUT2D eigenvalue weighted by Crippen LogP contribution is -2.32. The second-order valence-electron chi connectivity index (χ2n) is 4.22. The summed E-state index contributed by atoms with van der Waals surface area (Å²) >= 11 is 0. The maximum Gasteiger partial charge on any atom is 0.337 e. The summed E-state index contributed by atoms with van der Waals surface area (Å²) in [5, 5.41) is 13.8. The first-order valence-corrected chi connectivity index (χ1v) is 5.48. The third kappa shape index (κ3) is 4.04. The lowest BCUT2D eigenvalue weighted by atomic mass is 10.1. The second-order valence-corrected chi connectivity index (χ2v) is 4.22. The van der Waals surface area contributed by atoms with Gasteiger partial charge in [0.25, 0.3) is 0 Å². The van der Waals surface area contributed by atoms with E-state index in [0.29, 0.717) is 6.54 Å². The van der Waals surface area contributed by atoms with E-state index < -0.39 is 17.8 Å². The van der Waals surface area contributed by atoms with E-state index >= 15 is 0 Å². The standard InChI is InChI=1S/C12H15FN2O3/c1-7(2)6-14-12(18)15-10-4-3-8(13)5-9(10)11(16)17/h3-5,7H,6H2,1-2H3,(H,16,17)(H2,14,15,18). The van der Waals surface area contributed by atoms with Crippen LogP contribution >= 0.6 is 0 Å². The minimum absolute atomic E-state index is 0.0603. The molecule has 3 N–H and O–H groups in total. The van der Waals surface area contributed by atoms with E-state index in [1.54, 1.807) is 0 Å². The fourth-order valence-corrected chi connectivity index (χ4v) is 1.27. The van der Waals surface area contributed by atoms with Crippen LogP contribution in [0.4, 0.5) is 14.9 Å². The predicted molar refractivity (Wildman–Crippen MR) is 65.2 cm³/mol. The average Bonchev–Trinajstić information content (AvgIpc) is 2.28. The molecule has 18 heavy (non-hydrogen) atoms. The summed E-state index contributed by atoms with van der Waals surface area (Å²) in [5.74, 6) is -1.68. The van der Waals surface area contributed by atoms with Gasteiger partial charge in [-0.05, 0) is 24.1 Å². The molecule has 0 bridgehead atoms. The fraction of sp³-hybridized carbons (Fsp3) is 0.333. The van der Waals surface area contributed by atoms with Gasteiger partial charge >= 0.3 is 12.0 Å². The minimum atomic E-state index is -1.30. The first-order chi connectivity index (χ1) is 8.40. The normalized spacial score (nSPS) is 10.2. The van der Waals surface area contributed by atoms with Gasteiger partial charge < -0.3 is 15.7 Å². The number of halogens is 1. The summed E-state index contributed by atoms with van der Waals surface area (Å²) in [6, 6.07) is 2.65. The first-order valence-electron chi connectivity index (χ1n) is 5.48. The maximum atomic E-state index is 12.9. The Morgan fingerprint density at radius 2 is 2.06 bits per heavy atom. The number of carboxylic acids is 1. The Morgan fingerprint density at radius 3 is 2.61 bits per heavy atom. The highest BCUT2D eigenvalue weighted by Gasteiger charge is 2.13. The number of carbonyl (C=O) groups excluding carboxylic acids is 1. The van der Waals surface area contributed by atoms with Crippen molar-refractivity contribution in [2.75, 3.05) is 11.9 Å². The zero-order valence-electron chi connectivity index (χ0n) is 10.2. The van der Waals surface area contributed by atoms with Gasteiger partial charge in [0, 0.05) is 6.54 Å². The van der Waals surface area contributed by atoms with Gasteiger partial charge in [-0.15, -0.1) is 0 Å². The molecule has 0 unspecified atom stereocenters. The van der Waals surface area contributed by atoms with Gasteiger partial charge in [-0.3, -0.25) is 0 Å². The molecule has 2 amide bonds. The fourth-order valence-electron chi connectivity index (χ4n) is 1.27. The van der Waals surface area contributed by atoms with Gasteiger partial charge in [0.2, 0.25) is 0 Å². The van der Waals surface area contributed by atoms with E-state index in [0.717, 1.165) is 12.1 Å². The molecule has 0 spiro atoms. The van der Waals surface area contributed by atoms with Crippen molar-refractivity contribution in [3.8, 4) is 0 Å². The number of carboxylic acid groups (broad SMARTS) is 1. The van der Waals surface area contributed by atoms with Crippen LogP contribution in [0.5, 0.6) is 0 Å². The molecule has 0 saturated heterocycles. The summed E-state index contributed by atoms with van der Waals surface area (Å²) < 4.78 is 12.9.